The standard InChI is InChI=1S/C19H28N4O4/c1-12-7-14(21-18(24)27-19(2,3)4)11-22(10-12)17-15(13-5-6-13)8-20-9-16(17)23(25)26/h8-9,12-14H,5-7,10-11H2,1-4H3,(H,21,24)/t12-,14+/m1/s1. The van der Waals surface area contributed by atoms with Gasteiger partial charge in [0.25, 0.3) is 0 Å². The third-order valence-electron chi connectivity index (χ3n) is 4.84. The van der Waals surface area contributed by atoms with Gasteiger partial charge in [0, 0.05) is 30.9 Å². The van der Waals surface area contributed by atoms with E-state index in [1.807, 2.05) is 25.7 Å². The first-order chi connectivity index (χ1) is 12.6. The molecule has 2 atom stereocenters. The van der Waals surface area contributed by atoms with Crippen LogP contribution in [0.5, 0.6) is 0 Å². The van der Waals surface area contributed by atoms with Crippen LogP contribution in [0.1, 0.15) is 58.4 Å². The number of pyridine rings is 1. The lowest BCUT2D eigenvalue weighted by Gasteiger charge is -2.38. The molecule has 0 bridgehead atoms. The molecule has 0 aromatic carbocycles. The van der Waals surface area contributed by atoms with Crippen molar-refractivity contribution in [2.75, 3.05) is 18.0 Å². The summed E-state index contributed by atoms with van der Waals surface area (Å²) in [6, 6.07) is -0.122. The smallest absolute Gasteiger partial charge is 0.407 e. The Balaban J connectivity index is 1.82. The van der Waals surface area contributed by atoms with Crippen molar-refractivity contribution in [3.63, 3.8) is 0 Å². The van der Waals surface area contributed by atoms with Gasteiger partial charge < -0.3 is 15.0 Å². The highest BCUT2D eigenvalue weighted by molar-refractivity contribution is 5.70. The minimum absolute atomic E-state index is 0.0459. The average molecular weight is 376 g/mol. The van der Waals surface area contributed by atoms with Crippen molar-refractivity contribution in [1.29, 1.82) is 0 Å². The van der Waals surface area contributed by atoms with Crippen molar-refractivity contribution in [2.45, 2.75) is 64.5 Å². The number of alkyl carbamates (subject to hydrolysis) is 1. The number of carbonyl (C=O) groups is 1. The second-order valence-corrected chi connectivity index (χ2v) is 8.72. The van der Waals surface area contributed by atoms with E-state index in [1.54, 1.807) is 6.20 Å². The molecule has 8 heteroatoms. The largest absolute Gasteiger partial charge is 0.444 e. The third kappa shape index (κ3) is 4.87. The molecule has 1 N–H and O–H groups in total. The first-order valence-electron chi connectivity index (χ1n) is 9.51. The quantitative estimate of drug-likeness (QED) is 0.637. The number of nitrogens with zero attached hydrogens (tertiary/aromatic N) is 3. The van der Waals surface area contributed by atoms with Gasteiger partial charge in [-0.15, -0.1) is 0 Å². The number of ether oxygens (including phenoxy) is 1. The van der Waals surface area contributed by atoms with Gasteiger partial charge in [-0.25, -0.2) is 4.79 Å². The highest BCUT2D eigenvalue weighted by Gasteiger charge is 2.36. The van der Waals surface area contributed by atoms with Crippen LogP contribution in [0.4, 0.5) is 16.2 Å². The Labute approximate surface area is 159 Å². The van der Waals surface area contributed by atoms with E-state index in [4.69, 9.17) is 4.74 Å². The molecule has 8 nitrogen and oxygen atoms in total. The molecule has 1 aromatic rings. The normalized spacial score (nSPS) is 23.0. The van der Waals surface area contributed by atoms with Gasteiger partial charge in [0.2, 0.25) is 0 Å². The van der Waals surface area contributed by atoms with Crippen LogP contribution in [-0.2, 0) is 4.74 Å². The maximum absolute atomic E-state index is 12.2. The average Bonchev–Trinajstić information content (AvgIpc) is 3.36. The summed E-state index contributed by atoms with van der Waals surface area (Å²) in [6.07, 6.45) is 5.53. The Bertz CT molecular complexity index is 727. The van der Waals surface area contributed by atoms with Crippen molar-refractivity contribution in [2.24, 2.45) is 5.92 Å². The maximum atomic E-state index is 12.2. The van der Waals surface area contributed by atoms with Gasteiger partial charge in [0.1, 0.15) is 17.5 Å². The number of hydrogen-bond acceptors (Lipinski definition) is 6. The zero-order valence-corrected chi connectivity index (χ0v) is 16.4. The van der Waals surface area contributed by atoms with E-state index in [1.165, 1.54) is 6.20 Å². The summed E-state index contributed by atoms with van der Waals surface area (Å²) in [5.74, 6) is 0.639. The number of piperidine rings is 1. The van der Waals surface area contributed by atoms with E-state index in [2.05, 4.69) is 17.2 Å². The van der Waals surface area contributed by atoms with E-state index < -0.39 is 11.7 Å². The number of rotatable bonds is 4. The van der Waals surface area contributed by atoms with Crippen LogP contribution in [0.25, 0.3) is 0 Å². The molecule has 1 amide bonds. The molecule has 2 heterocycles. The van der Waals surface area contributed by atoms with Crippen LogP contribution in [0.2, 0.25) is 0 Å². The fraction of sp³-hybridized carbons (Fsp3) is 0.684. The zero-order valence-electron chi connectivity index (χ0n) is 16.4. The molecule has 1 aliphatic heterocycles. The van der Waals surface area contributed by atoms with Crippen molar-refractivity contribution < 1.29 is 14.5 Å². The minimum atomic E-state index is -0.562. The summed E-state index contributed by atoms with van der Waals surface area (Å²) < 4.78 is 5.36. The molecule has 1 aromatic heterocycles. The number of amides is 1. The molecular weight excluding hydrogens is 348 g/mol. The lowest BCUT2D eigenvalue weighted by molar-refractivity contribution is -0.384. The summed E-state index contributed by atoms with van der Waals surface area (Å²) in [7, 11) is 0. The highest BCUT2D eigenvalue weighted by Crippen LogP contribution is 2.47. The van der Waals surface area contributed by atoms with Gasteiger partial charge in [0.05, 0.1) is 4.92 Å². The fourth-order valence-electron chi connectivity index (χ4n) is 3.74. The molecule has 1 saturated carbocycles. The lowest BCUT2D eigenvalue weighted by Crippen LogP contribution is -2.51. The Hall–Kier alpha value is -2.38. The summed E-state index contributed by atoms with van der Waals surface area (Å²) in [5.41, 5.74) is 1.10. The predicted octanol–water partition coefficient (Wildman–Crippen LogP) is 3.61. The van der Waals surface area contributed by atoms with Gasteiger partial charge in [-0.1, -0.05) is 6.92 Å². The SMILES string of the molecule is C[C@@H]1C[C@H](NC(=O)OC(C)(C)C)CN(c2c(C3CC3)cncc2[N+](=O)[O-])C1. The Kier molecular flexibility index (Phi) is 5.26. The topological polar surface area (TPSA) is 97.6 Å². The number of nitrogens with one attached hydrogen (secondary N) is 1. The maximum Gasteiger partial charge on any atom is 0.407 e. The van der Waals surface area contributed by atoms with Gasteiger partial charge in [0.15, 0.2) is 0 Å². The van der Waals surface area contributed by atoms with Gasteiger partial charge in [-0.3, -0.25) is 15.1 Å². The molecule has 3 rings (SSSR count). The molecular formula is C19H28N4O4. The van der Waals surface area contributed by atoms with Crippen molar-refractivity contribution >= 4 is 17.5 Å². The lowest BCUT2D eigenvalue weighted by atomic mass is 9.94. The van der Waals surface area contributed by atoms with E-state index in [-0.39, 0.29) is 16.7 Å². The number of aromatic nitrogens is 1. The Morgan fingerprint density at radius 2 is 2.04 bits per heavy atom. The van der Waals surface area contributed by atoms with Gasteiger partial charge in [-0.2, -0.15) is 0 Å². The molecule has 27 heavy (non-hydrogen) atoms. The van der Waals surface area contributed by atoms with E-state index in [9.17, 15) is 14.9 Å². The van der Waals surface area contributed by atoms with E-state index in [0.717, 1.165) is 31.4 Å². The summed E-state index contributed by atoms with van der Waals surface area (Å²) in [5, 5.41) is 14.5. The fourth-order valence-corrected chi connectivity index (χ4v) is 3.74. The summed E-state index contributed by atoms with van der Waals surface area (Å²) in [6.45, 7) is 8.81. The van der Waals surface area contributed by atoms with Gasteiger partial charge >= 0.3 is 11.8 Å². The van der Waals surface area contributed by atoms with Crippen LogP contribution >= 0.6 is 0 Å². The molecule has 2 aliphatic rings. The van der Waals surface area contributed by atoms with Crippen molar-refractivity contribution in [3.8, 4) is 0 Å². The first-order valence-corrected chi connectivity index (χ1v) is 9.51. The minimum Gasteiger partial charge on any atom is -0.444 e. The number of hydrogen-bond donors (Lipinski definition) is 1. The van der Waals surface area contributed by atoms with Crippen LogP contribution in [-0.4, -0.2) is 40.7 Å². The monoisotopic (exact) mass is 376 g/mol. The molecule has 148 valence electrons. The summed E-state index contributed by atoms with van der Waals surface area (Å²) in [4.78, 5) is 29.6. The Morgan fingerprint density at radius 1 is 1.33 bits per heavy atom. The predicted molar refractivity (Wildman–Crippen MR) is 102 cm³/mol. The van der Waals surface area contributed by atoms with Gasteiger partial charge in [-0.05, 0) is 51.9 Å². The third-order valence-corrected chi connectivity index (χ3v) is 4.84. The number of carbonyl (C=O) groups excluding carboxylic acids is 1. The second kappa shape index (κ2) is 7.32. The molecule has 0 radical (unpaired) electrons. The highest BCUT2D eigenvalue weighted by atomic mass is 16.6. The van der Waals surface area contributed by atoms with Crippen molar-refractivity contribution in [3.05, 3.63) is 28.1 Å². The van der Waals surface area contributed by atoms with Crippen LogP contribution in [0, 0.1) is 16.0 Å². The van der Waals surface area contributed by atoms with E-state index >= 15 is 0 Å². The Morgan fingerprint density at radius 3 is 2.63 bits per heavy atom. The van der Waals surface area contributed by atoms with Crippen LogP contribution < -0.4 is 10.2 Å². The van der Waals surface area contributed by atoms with Crippen LogP contribution in [0.15, 0.2) is 12.4 Å². The van der Waals surface area contributed by atoms with Crippen molar-refractivity contribution in [1.82, 2.24) is 10.3 Å². The number of nitro groups is 1. The van der Waals surface area contributed by atoms with E-state index in [0.29, 0.717) is 24.1 Å². The first kappa shape index (κ1) is 19.4. The molecule has 0 spiro atoms. The second-order valence-electron chi connectivity index (χ2n) is 8.72. The molecule has 1 aliphatic carbocycles. The number of anilines is 1. The molecule has 0 unspecified atom stereocenters. The summed E-state index contributed by atoms with van der Waals surface area (Å²) >= 11 is 0. The molecule has 2 fully saturated rings. The zero-order chi connectivity index (χ0) is 19.8. The van der Waals surface area contributed by atoms with Crippen LogP contribution in [0.3, 0.4) is 0 Å². The molecule has 1 saturated heterocycles.